The Labute approximate surface area is 108 Å². The number of hydrogen-bond acceptors (Lipinski definition) is 6. The van der Waals surface area contributed by atoms with Gasteiger partial charge in [0.2, 0.25) is 5.88 Å². The fourth-order valence-corrected chi connectivity index (χ4v) is 2.58. The Bertz CT molecular complexity index is 630. The van der Waals surface area contributed by atoms with E-state index in [1.807, 2.05) is 0 Å². The molecule has 0 spiro atoms. The molecule has 0 aliphatic heterocycles. The molecule has 0 saturated carbocycles. The summed E-state index contributed by atoms with van der Waals surface area (Å²) < 4.78 is 61.5. The van der Waals surface area contributed by atoms with Gasteiger partial charge in [-0.15, -0.1) is 13.2 Å². The number of nitrogens with zero attached hydrogens (tertiary/aromatic N) is 2. The normalized spacial score (nSPS) is 12.3. The monoisotopic (exact) mass is 320 g/mol. The third kappa shape index (κ3) is 3.92. The summed E-state index contributed by atoms with van der Waals surface area (Å²) in [6.45, 7) is 0.950. The van der Waals surface area contributed by atoms with Crippen molar-refractivity contribution in [3.63, 3.8) is 0 Å². The van der Waals surface area contributed by atoms with E-state index in [-0.39, 0.29) is 6.07 Å². The highest BCUT2D eigenvalue weighted by molar-refractivity contribution is 8.13. The Morgan fingerprint density at radius 3 is 2.37 bits per heavy atom. The SMILES string of the molecule is Cc1nc(OC(F)(F)F)cc([N+](=O)[O-])c1S(=O)(=O)Cl. The maximum absolute atomic E-state index is 12.0. The van der Waals surface area contributed by atoms with E-state index in [1.54, 1.807) is 0 Å². The predicted octanol–water partition coefficient (Wildman–Crippen LogP) is 2.12. The van der Waals surface area contributed by atoms with E-state index >= 15 is 0 Å². The number of alkyl halides is 3. The van der Waals surface area contributed by atoms with E-state index in [9.17, 15) is 31.7 Å². The van der Waals surface area contributed by atoms with E-state index in [0.717, 1.165) is 6.92 Å². The van der Waals surface area contributed by atoms with E-state index in [1.165, 1.54) is 0 Å². The van der Waals surface area contributed by atoms with Crippen LogP contribution in [0.5, 0.6) is 5.88 Å². The minimum Gasteiger partial charge on any atom is -0.388 e. The predicted molar refractivity (Wildman–Crippen MR) is 55.4 cm³/mol. The second-order valence-corrected chi connectivity index (χ2v) is 5.64. The molecule has 1 heterocycles. The molecule has 0 aromatic carbocycles. The zero-order valence-corrected chi connectivity index (χ0v) is 10.5. The third-order valence-electron chi connectivity index (χ3n) is 1.76. The molecule has 0 aliphatic carbocycles. The van der Waals surface area contributed by atoms with Crippen LogP contribution in [0.1, 0.15) is 5.69 Å². The van der Waals surface area contributed by atoms with Gasteiger partial charge in [-0.2, -0.15) is 0 Å². The van der Waals surface area contributed by atoms with Crippen LogP contribution in [0.4, 0.5) is 18.9 Å². The van der Waals surface area contributed by atoms with Gasteiger partial charge in [0.05, 0.1) is 16.7 Å². The fraction of sp³-hybridized carbons (Fsp3) is 0.286. The summed E-state index contributed by atoms with van der Waals surface area (Å²) in [6, 6.07) is 0.232. The molecule has 1 aromatic rings. The molecule has 0 N–H and O–H groups in total. The molecule has 0 aliphatic rings. The Morgan fingerprint density at radius 2 is 2.00 bits per heavy atom. The number of hydrogen-bond donors (Lipinski definition) is 0. The number of aryl methyl sites for hydroxylation is 1. The highest BCUT2D eigenvalue weighted by atomic mass is 35.7. The fourth-order valence-electron chi connectivity index (χ4n) is 1.22. The van der Waals surface area contributed by atoms with Crippen molar-refractivity contribution in [2.45, 2.75) is 18.2 Å². The Kier molecular flexibility index (Phi) is 3.91. The van der Waals surface area contributed by atoms with Crippen molar-refractivity contribution in [1.29, 1.82) is 0 Å². The Hall–Kier alpha value is -1.62. The van der Waals surface area contributed by atoms with E-state index in [2.05, 4.69) is 9.72 Å². The quantitative estimate of drug-likeness (QED) is 0.480. The lowest BCUT2D eigenvalue weighted by Crippen LogP contribution is -2.18. The molecule has 1 aromatic heterocycles. The van der Waals surface area contributed by atoms with Gasteiger partial charge in [0.25, 0.3) is 14.7 Å². The summed E-state index contributed by atoms with van der Waals surface area (Å²) in [7, 11) is 0.425. The van der Waals surface area contributed by atoms with E-state index < -0.39 is 42.5 Å². The highest BCUT2D eigenvalue weighted by Crippen LogP contribution is 2.33. The first-order valence-corrected chi connectivity index (χ1v) is 6.59. The maximum atomic E-state index is 12.0. The largest absolute Gasteiger partial charge is 0.574 e. The van der Waals surface area contributed by atoms with Gasteiger partial charge in [-0.25, -0.2) is 13.4 Å². The molecule has 0 amide bonds. The van der Waals surface area contributed by atoms with Crippen molar-refractivity contribution in [3.05, 3.63) is 21.9 Å². The number of pyridine rings is 1. The summed E-state index contributed by atoms with van der Waals surface area (Å²) in [4.78, 5) is 11.6. The Balaban J connectivity index is 3.52. The highest BCUT2D eigenvalue weighted by Gasteiger charge is 2.35. The summed E-state index contributed by atoms with van der Waals surface area (Å²) >= 11 is 0. The van der Waals surface area contributed by atoms with Crippen LogP contribution in [0, 0.1) is 17.0 Å². The molecular weight excluding hydrogens is 317 g/mol. The molecular formula is C7H4ClF3N2O5S. The summed E-state index contributed by atoms with van der Waals surface area (Å²) in [5.41, 5.74) is -1.73. The van der Waals surface area contributed by atoms with Gasteiger partial charge in [-0.05, 0) is 6.92 Å². The van der Waals surface area contributed by atoms with Gasteiger partial charge >= 0.3 is 6.36 Å². The van der Waals surface area contributed by atoms with Crippen LogP contribution in [-0.4, -0.2) is 24.7 Å². The van der Waals surface area contributed by atoms with Crippen LogP contribution in [0.2, 0.25) is 0 Å². The molecule has 0 fully saturated rings. The molecule has 0 unspecified atom stereocenters. The summed E-state index contributed by atoms with van der Waals surface area (Å²) in [5, 5.41) is 10.7. The minimum atomic E-state index is -5.12. The van der Waals surface area contributed by atoms with Crippen LogP contribution in [-0.2, 0) is 9.05 Å². The number of ether oxygens (including phenoxy) is 1. The zero-order valence-electron chi connectivity index (χ0n) is 8.93. The molecule has 0 atom stereocenters. The van der Waals surface area contributed by atoms with Crippen LogP contribution in [0.25, 0.3) is 0 Å². The van der Waals surface area contributed by atoms with Crippen LogP contribution in [0.15, 0.2) is 11.0 Å². The zero-order chi connectivity index (χ0) is 15.0. The third-order valence-corrected chi connectivity index (χ3v) is 3.22. The van der Waals surface area contributed by atoms with Gasteiger partial charge in [-0.3, -0.25) is 10.1 Å². The lowest BCUT2D eigenvalue weighted by Gasteiger charge is -2.09. The number of nitro groups is 1. The molecule has 7 nitrogen and oxygen atoms in total. The lowest BCUT2D eigenvalue weighted by molar-refractivity contribution is -0.388. The van der Waals surface area contributed by atoms with Gasteiger partial charge in [-0.1, -0.05) is 0 Å². The van der Waals surface area contributed by atoms with Crippen molar-refractivity contribution in [2.24, 2.45) is 0 Å². The van der Waals surface area contributed by atoms with Crippen LogP contribution >= 0.6 is 10.7 Å². The second kappa shape index (κ2) is 4.81. The molecule has 106 valence electrons. The van der Waals surface area contributed by atoms with Crippen molar-refractivity contribution < 1.29 is 31.2 Å². The van der Waals surface area contributed by atoms with Gasteiger partial charge in [0, 0.05) is 10.7 Å². The van der Waals surface area contributed by atoms with E-state index in [0.29, 0.717) is 0 Å². The molecule has 0 saturated heterocycles. The summed E-state index contributed by atoms with van der Waals surface area (Å²) in [5.74, 6) is -1.15. The number of halogens is 4. The van der Waals surface area contributed by atoms with E-state index in [4.69, 9.17) is 10.7 Å². The first kappa shape index (κ1) is 15.4. The van der Waals surface area contributed by atoms with Gasteiger partial charge in [0.15, 0.2) is 4.90 Å². The first-order chi connectivity index (χ1) is 8.42. The minimum absolute atomic E-state index is 0.232. The number of rotatable bonds is 3. The van der Waals surface area contributed by atoms with Crippen molar-refractivity contribution in [1.82, 2.24) is 4.98 Å². The second-order valence-electron chi connectivity index (χ2n) is 3.14. The average molecular weight is 321 g/mol. The van der Waals surface area contributed by atoms with Crippen molar-refractivity contribution >= 4 is 25.4 Å². The number of aromatic nitrogens is 1. The van der Waals surface area contributed by atoms with Gasteiger partial charge in [0.1, 0.15) is 0 Å². The molecule has 0 radical (unpaired) electrons. The molecule has 1 rings (SSSR count). The molecule has 19 heavy (non-hydrogen) atoms. The standard InChI is InChI=1S/C7H4ClF3N2O5S/c1-3-6(19(8,16)17)4(13(14)15)2-5(12-3)18-7(9,10)11/h2H,1H3. The van der Waals surface area contributed by atoms with Crippen LogP contribution < -0.4 is 4.74 Å². The van der Waals surface area contributed by atoms with Crippen molar-refractivity contribution in [3.8, 4) is 5.88 Å². The average Bonchev–Trinajstić information content (AvgIpc) is 2.10. The Morgan fingerprint density at radius 1 is 1.47 bits per heavy atom. The smallest absolute Gasteiger partial charge is 0.388 e. The molecule has 12 heteroatoms. The lowest BCUT2D eigenvalue weighted by atomic mass is 10.3. The maximum Gasteiger partial charge on any atom is 0.574 e. The van der Waals surface area contributed by atoms with Crippen molar-refractivity contribution in [2.75, 3.05) is 0 Å². The summed E-state index contributed by atoms with van der Waals surface area (Å²) in [6.07, 6.45) is -5.12. The molecule has 0 bridgehead atoms. The van der Waals surface area contributed by atoms with Gasteiger partial charge < -0.3 is 4.74 Å². The first-order valence-electron chi connectivity index (χ1n) is 4.28. The topological polar surface area (TPSA) is 99.4 Å². The van der Waals surface area contributed by atoms with Crippen LogP contribution in [0.3, 0.4) is 0 Å².